The first-order valence-corrected chi connectivity index (χ1v) is 7.09. The van der Waals surface area contributed by atoms with E-state index in [4.69, 9.17) is 10.5 Å². The maximum atomic E-state index is 6.53. The van der Waals surface area contributed by atoms with Gasteiger partial charge in [0.2, 0.25) is 0 Å². The Morgan fingerprint density at radius 2 is 1.89 bits per heavy atom. The minimum absolute atomic E-state index is 0.217. The average molecular weight is 247 g/mol. The van der Waals surface area contributed by atoms with Crippen molar-refractivity contribution in [3.63, 3.8) is 0 Å². The van der Waals surface area contributed by atoms with E-state index < -0.39 is 0 Å². The summed E-state index contributed by atoms with van der Waals surface area (Å²) in [4.78, 5) is 0. The summed E-state index contributed by atoms with van der Waals surface area (Å²) in [5.74, 6) is 0. The molecule has 0 bridgehead atoms. The quantitative estimate of drug-likeness (QED) is 0.783. The Balaban J connectivity index is 2.12. The molecule has 0 heterocycles. The van der Waals surface area contributed by atoms with Gasteiger partial charge in [0.25, 0.3) is 0 Å². The van der Waals surface area contributed by atoms with Crippen molar-refractivity contribution in [3.05, 3.63) is 35.9 Å². The molecule has 0 amide bonds. The van der Waals surface area contributed by atoms with E-state index in [1.54, 1.807) is 7.11 Å². The maximum Gasteiger partial charge on any atom is 0.0462 e. The van der Waals surface area contributed by atoms with Crippen molar-refractivity contribution in [1.29, 1.82) is 0 Å². The highest BCUT2D eigenvalue weighted by atomic mass is 16.5. The molecule has 1 aliphatic rings. The van der Waals surface area contributed by atoms with Crippen molar-refractivity contribution in [1.82, 2.24) is 0 Å². The zero-order valence-electron chi connectivity index (χ0n) is 11.4. The fraction of sp³-hybridized carbons (Fsp3) is 0.625. The molecule has 2 heteroatoms. The fourth-order valence-corrected chi connectivity index (χ4v) is 3.37. The summed E-state index contributed by atoms with van der Waals surface area (Å²) in [7, 11) is 1.76. The smallest absolute Gasteiger partial charge is 0.0462 e. The van der Waals surface area contributed by atoms with Crippen LogP contribution in [0.25, 0.3) is 0 Å². The summed E-state index contributed by atoms with van der Waals surface area (Å²) in [5.41, 5.74) is 8.19. The molecule has 0 spiro atoms. The third kappa shape index (κ3) is 2.76. The lowest BCUT2D eigenvalue weighted by molar-refractivity contribution is 0.184. The molecule has 0 radical (unpaired) electrons. The van der Waals surface area contributed by atoms with E-state index >= 15 is 0 Å². The molecule has 0 aliphatic heterocycles. The molecule has 1 aromatic carbocycles. The minimum atomic E-state index is 0.217. The average Bonchev–Trinajstić information content (AvgIpc) is 2.90. The second-order valence-corrected chi connectivity index (χ2v) is 5.47. The summed E-state index contributed by atoms with van der Waals surface area (Å²) in [6.45, 7) is 0.818. The van der Waals surface area contributed by atoms with Crippen LogP contribution in [0, 0.1) is 0 Å². The second-order valence-electron chi connectivity index (χ2n) is 5.47. The third-order valence-corrected chi connectivity index (χ3v) is 4.42. The predicted molar refractivity (Wildman–Crippen MR) is 75.7 cm³/mol. The lowest BCUT2D eigenvalue weighted by atomic mass is 9.71. The largest absolute Gasteiger partial charge is 0.385 e. The van der Waals surface area contributed by atoms with Crippen LogP contribution in [0.5, 0.6) is 0 Å². The van der Waals surface area contributed by atoms with Gasteiger partial charge in [-0.05, 0) is 31.2 Å². The molecule has 1 fully saturated rings. The molecule has 100 valence electrons. The Morgan fingerprint density at radius 1 is 1.22 bits per heavy atom. The van der Waals surface area contributed by atoms with E-state index in [0.717, 1.165) is 19.4 Å². The van der Waals surface area contributed by atoms with Crippen molar-refractivity contribution in [3.8, 4) is 0 Å². The first kappa shape index (κ1) is 13.6. The molecule has 2 rings (SSSR count). The van der Waals surface area contributed by atoms with Gasteiger partial charge in [-0.25, -0.2) is 0 Å². The van der Waals surface area contributed by atoms with Crippen LogP contribution in [0.2, 0.25) is 0 Å². The van der Waals surface area contributed by atoms with E-state index in [1.165, 1.54) is 31.2 Å². The van der Waals surface area contributed by atoms with E-state index in [1.807, 2.05) is 0 Å². The van der Waals surface area contributed by atoms with Gasteiger partial charge in [-0.2, -0.15) is 0 Å². The predicted octanol–water partition coefficient (Wildman–Crippen LogP) is 3.25. The molecule has 1 saturated carbocycles. The molecule has 18 heavy (non-hydrogen) atoms. The summed E-state index contributed by atoms with van der Waals surface area (Å²) >= 11 is 0. The van der Waals surface area contributed by atoms with Crippen molar-refractivity contribution in [2.45, 2.75) is 50.0 Å². The number of nitrogens with two attached hydrogens (primary N) is 1. The van der Waals surface area contributed by atoms with Crippen LogP contribution in [0.3, 0.4) is 0 Å². The SMILES string of the molecule is COCCCC(N)C1(c2ccccc2)CCCC1. The number of ether oxygens (including phenoxy) is 1. The van der Waals surface area contributed by atoms with Gasteiger partial charge < -0.3 is 10.5 Å². The van der Waals surface area contributed by atoms with Crippen LogP contribution in [0.15, 0.2) is 30.3 Å². The first-order valence-electron chi connectivity index (χ1n) is 7.09. The lowest BCUT2D eigenvalue weighted by Gasteiger charge is -2.36. The highest BCUT2D eigenvalue weighted by Gasteiger charge is 2.40. The Morgan fingerprint density at radius 3 is 2.50 bits per heavy atom. The number of hydrogen-bond donors (Lipinski definition) is 1. The molecule has 2 nitrogen and oxygen atoms in total. The van der Waals surface area contributed by atoms with Gasteiger partial charge >= 0.3 is 0 Å². The molecular weight excluding hydrogens is 222 g/mol. The summed E-state index contributed by atoms with van der Waals surface area (Å²) < 4.78 is 5.14. The Kier molecular flexibility index (Phi) is 4.79. The van der Waals surface area contributed by atoms with E-state index in [-0.39, 0.29) is 11.5 Å². The first-order chi connectivity index (χ1) is 8.79. The van der Waals surface area contributed by atoms with E-state index in [0.29, 0.717) is 0 Å². The zero-order chi connectivity index (χ0) is 12.8. The van der Waals surface area contributed by atoms with Crippen LogP contribution in [-0.4, -0.2) is 19.8 Å². The molecular formula is C16H25NO. The van der Waals surface area contributed by atoms with Crippen molar-refractivity contribution in [2.75, 3.05) is 13.7 Å². The fourth-order valence-electron chi connectivity index (χ4n) is 3.37. The van der Waals surface area contributed by atoms with Crippen molar-refractivity contribution >= 4 is 0 Å². The van der Waals surface area contributed by atoms with E-state index in [9.17, 15) is 0 Å². The molecule has 0 saturated heterocycles. The number of rotatable bonds is 6. The highest BCUT2D eigenvalue weighted by molar-refractivity contribution is 5.29. The van der Waals surface area contributed by atoms with Crippen LogP contribution in [-0.2, 0) is 10.2 Å². The Labute approximate surface area is 111 Å². The number of methoxy groups -OCH3 is 1. The molecule has 1 atom stereocenters. The van der Waals surface area contributed by atoms with Gasteiger partial charge in [-0.15, -0.1) is 0 Å². The van der Waals surface area contributed by atoms with Gasteiger partial charge in [0.1, 0.15) is 0 Å². The topological polar surface area (TPSA) is 35.2 Å². The Hall–Kier alpha value is -0.860. The molecule has 0 aromatic heterocycles. The zero-order valence-corrected chi connectivity index (χ0v) is 11.4. The molecule has 1 aromatic rings. The minimum Gasteiger partial charge on any atom is -0.385 e. The van der Waals surface area contributed by atoms with E-state index in [2.05, 4.69) is 30.3 Å². The number of benzene rings is 1. The van der Waals surface area contributed by atoms with Gasteiger partial charge in [0.15, 0.2) is 0 Å². The van der Waals surface area contributed by atoms with Crippen LogP contribution in [0.4, 0.5) is 0 Å². The second kappa shape index (κ2) is 6.35. The normalized spacial score (nSPS) is 19.9. The Bertz CT molecular complexity index is 343. The maximum absolute atomic E-state index is 6.53. The molecule has 1 unspecified atom stereocenters. The van der Waals surface area contributed by atoms with Crippen LogP contribution >= 0.6 is 0 Å². The van der Waals surface area contributed by atoms with Gasteiger partial charge in [0.05, 0.1) is 0 Å². The number of hydrogen-bond acceptors (Lipinski definition) is 2. The molecule has 2 N–H and O–H groups in total. The van der Waals surface area contributed by atoms with Crippen molar-refractivity contribution < 1.29 is 4.74 Å². The summed E-state index contributed by atoms with van der Waals surface area (Å²) in [5, 5.41) is 0. The summed E-state index contributed by atoms with van der Waals surface area (Å²) in [6.07, 6.45) is 7.23. The highest BCUT2D eigenvalue weighted by Crippen LogP contribution is 2.44. The van der Waals surface area contributed by atoms with Gasteiger partial charge in [-0.1, -0.05) is 43.2 Å². The lowest BCUT2D eigenvalue weighted by Crippen LogP contribution is -2.43. The van der Waals surface area contributed by atoms with Gasteiger partial charge in [0, 0.05) is 25.2 Å². The van der Waals surface area contributed by atoms with Crippen LogP contribution < -0.4 is 5.73 Å². The standard InChI is InChI=1S/C16H25NO/c1-18-13-7-10-15(17)16(11-5-6-12-16)14-8-3-2-4-9-14/h2-4,8-9,15H,5-7,10-13,17H2,1H3. The van der Waals surface area contributed by atoms with Gasteiger partial charge in [-0.3, -0.25) is 0 Å². The summed E-state index contributed by atoms with van der Waals surface area (Å²) in [6, 6.07) is 11.1. The monoisotopic (exact) mass is 247 g/mol. The third-order valence-electron chi connectivity index (χ3n) is 4.42. The molecule has 1 aliphatic carbocycles. The van der Waals surface area contributed by atoms with Crippen molar-refractivity contribution in [2.24, 2.45) is 5.73 Å². The van der Waals surface area contributed by atoms with Crippen LogP contribution in [0.1, 0.15) is 44.1 Å².